The molecule has 0 saturated heterocycles. The maximum atomic E-state index is 6.25. The van der Waals surface area contributed by atoms with Crippen LogP contribution in [0.5, 0.6) is 5.75 Å². The Morgan fingerprint density at radius 1 is 1.38 bits per heavy atom. The van der Waals surface area contributed by atoms with Gasteiger partial charge in [-0.05, 0) is 33.9 Å². The molecule has 0 amide bonds. The predicted molar refractivity (Wildman–Crippen MR) is 83.6 cm³/mol. The van der Waals surface area contributed by atoms with E-state index in [0.29, 0.717) is 12.1 Å². The molecule has 1 aromatic carbocycles. The number of nitrogens with one attached hydrogen (secondary N) is 1. The fourth-order valence-corrected chi connectivity index (χ4v) is 3.04. The van der Waals surface area contributed by atoms with Crippen LogP contribution < -0.4 is 10.1 Å². The highest BCUT2D eigenvalue weighted by atomic mass is 16.5. The van der Waals surface area contributed by atoms with Crippen molar-refractivity contribution in [2.45, 2.75) is 45.4 Å². The number of fused-ring (bicyclic) bond motifs is 1. The zero-order valence-corrected chi connectivity index (χ0v) is 13.1. The van der Waals surface area contributed by atoms with Gasteiger partial charge in [0.15, 0.2) is 0 Å². The lowest BCUT2D eigenvalue weighted by Gasteiger charge is -2.33. The second-order valence-electron chi connectivity index (χ2n) is 6.04. The minimum atomic E-state index is 0.0440. The molecule has 0 bridgehead atoms. The lowest BCUT2D eigenvalue weighted by Crippen LogP contribution is -2.28. The van der Waals surface area contributed by atoms with Crippen molar-refractivity contribution in [2.75, 3.05) is 7.05 Å². The van der Waals surface area contributed by atoms with E-state index >= 15 is 0 Å². The zero-order chi connectivity index (χ0) is 15.0. The fraction of sp³-hybridized carbons (Fsp3) is 0.471. The number of nitrogens with zero attached hydrogens (tertiary/aromatic N) is 2. The first kappa shape index (κ1) is 14.1. The van der Waals surface area contributed by atoms with Crippen molar-refractivity contribution in [3.05, 3.63) is 47.5 Å². The Balaban J connectivity index is 1.97. The maximum absolute atomic E-state index is 6.25. The first-order valence-electron chi connectivity index (χ1n) is 7.56. The normalized spacial score (nSPS) is 21.2. The molecule has 0 radical (unpaired) electrons. The summed E-state index contributed by atoms with van der Waals surface area (Å²) in [5, 5.41) is 3.42. The molecule has 0 spiro atoms. The van der Waals surface area contributed by atoms with Gasteiger partial charge in [0, 0.05) is 24.1 Å². The average molecular weight is 285 g/mol. The third-order valence-corrected chi connectivity index (χ3v) is 4.19. The summed E-state index contributed by atoms with van der Waals surface area (Å²) in [5.74, 6) is 0.979. The molecule has 2 heterocycles. The summed E-state index contributed by atoms with van der Waals surface area (Å²) in [7, 11) is 2.01. The van der Waals surface area contributed by atoms with E-state index in [0.717, 1.165) is 17.9 Å². The van der Waals surface area contributed by atoms with Crippen LogP contribution in [-0.2, 0) is 0 Å². The summed E-state index contributed by atoms with van der Waals surface area (Å²) in [6.07, 6.45) is 4.78. The van der Waals surface area contributed by atoms with Crippen LogP contribution in [0.3, 0.4) is 0 Å². The smallest absolute Gasteiger partial charge is 0.142 e. The molecule has 0 fully saturated rings. The second-order valence-corrected chi connectivity index (χ2v) is 6.04. The lowest BCUT2D eigenvalue weighted by atomic mass is 9.94. The molecule has 0 saturated carbocycles. The standard InChI is InChI=1S/C17H23N3O/c1-11(2)20-10-19-9-15(20)17-8-14(18-4)13-7-12(3)5-6-16(13)21-17/h5-7,9-11,14,17-18H,8H2,1-4H3. The fourth-order valence-electron chi connectivity index (χ4n) is 3.04. The Morgan fingerprint density at radius 2 is 2.19 bits per heavy atom. The first-order chi connectivity index (χ1) is 10.1. The number of hydrogen-bond donors (Lipinski definition) is 1. The molecule has 21 heavy (non-hydrogen) atoms. The minimum Gasteiger partial charge on any atom is -0.484 e. The van der Waals surface area contributed by atoms with Crippen molar-refractivity contribution in [3.8, 4) is 5.75 Å². The van der Waals surface area contributed by atoms with Gasteiger partial charge in [0.05, 0.1) is 18.2 Å². The van der Waals surface area contributed by atoms with Crippen molar-refractivity contribution in [1.29, 1.82) is 0 Å². The van der Waals surface area contributed by atoms with Crippen LogP contribution >= 0.6 is 0 Å². The highest BCUT2D eigenvalue weighted by molar-refractivity contribution is 5.41. The monoisotopic (exact) mass is 285 g/mol. The Bertz CT molecular complexity index is 633. The Kier molecular flexibility index (Phi) is 3.72. The molecular weight excluding hydrogens is 262 g/mol. The summed E-state index contributed by atoms with van der Waals surface area (Å²) in [6, 6.07) is 7.10. The van der Waals surface area contributed by atoms with Gasteiger partial charge in [-0.25, -0.2) is 4.98 Å². The molecule has 1 aliphatic heterocycles. The van der Waals surface area contributed by atoms with E-state index in [2.05, 4.69) is 53.8 Å². The van der Waals surface area contributed by atoms with E-state index < -0.39 is 0 Å². The SMILES string of the molecule is CNC1CC(c2cncn2C(C)C)Oc2ccc(C)cc21. The largest absolute Gasteiger partial charge is 0.484 e. The van der Waals surface area contributed by atoms with Crippen molar-refractivity contribution < 1.29 is 4.74 Å². The third kappa shape index (κ3) is 2.56. The van der Waals surface area contributed by atoms with E-state index in [1.54, 1.807) is 0 Å². The van der Waals surface area contributed by atoms with Gasteiger partial charge >= 0.3 is 0 Å². The van der Waals surface area contributed by atoms with Crippen LogP contribution in [0, 0.1) is 6.92 Å². The summed E-state index contributed by atoms with van der Waals surface area (Å²) in [4.78, 5) is 4.30. The number of aromatic nitrogens is 2. The van der Waals surface area contributed by atoms with Crippen LogP contribution in [0.4, 0.5) is 0 Å². The molecule has 1 aromatic heterocycles. The summed E-state index contributed by atoms with van der Waals surface area (Å²) < 4.78 is 8.44. The van der Waals surface area contributed by atoms with Gasteiger partial charge in [-0.3, -0.25) is 0 Å². The molecule has 1 N–H and O–H groups in total. The van der Waals surface area contributed by atoms with E-state index in [4.69, 9.17) is 4.74 Å². The quantitative estimate of drug-likeness (QED) is 0.937. The Morgan fingerprint density at radius 3 is 2.90 bits per heavy atom. The number of hydrogen-bond acceptors (Lipinski definition) is 3. The highest BCUT2D eigenvalue weighted by Crippen LogP contribution is 2.41. The second kappa shape index (κ2) is 5.53. The van der Waals surface area contributed by atoms with Crippen LogP contribution in [0.1, 0.15) is 55.3 Å². The Hall–Kier alpha value is -1.81. The summed E-state index contributed by atoms with van der Waals surface area (Å²) in [5.41, 5.74) is 3.67. The Labute approximate surface area is 126 Å². The molecule has 0 aliphatic carbocycles. The van der Waals surface area contributed by atoms with Crippen molar-refractivity contribution in [3.63, 3.8) is 0 Å². The average Bonchev–Trinajstić information content (AvgIpc) is 2.95. The van der Waals surface area contributed by atoms with Crippen molar-refractivity contribution >= 4 is 0 Å². The van der Waals surface area contributed by atoms with Gasteiger partial charge in [0.1, 0.15) is 11.9 Å². The molecule has 2 atom stereocenters. The summed E-state index contributed by atoms with van der Waals surface area (Å²) in [6.45, 7) is 6.45. The number of ether oxygens (including phenoxy) is 1. The zero-order valence-electron chi connectivity index (χ0n) is 13.1. The van der Waals surface area contributed by atoms with Gasteiger partial charge in [0.2, 0.25) is 0 Å². The maximum Gasteiger partial charge on any atom is 0.142 e. The number of benzene rings is 1. The van der Waals surface area contributed by atoms with Crippen LogP contribution in [0.2, 0.25) is 0 Å². The van der Waals surface area contributed by atoms with Gasteiger partial charge in [-0.15, -0.1) is 0 Å². The molecule has 2 aromatic rings. The van der Waals surface area contributed by atoms with E-state index in [-0.39, 0.29) is 6.10 Å². The van der Waals surface area contributed by atoms with E-state index in [1.165, 1.54) is 11.1 Å². The summed E-state index contributed by atoms with van der Waals surface area (Å²) >= 11 is 0. The molecule has 1 aliphatic rings. The van der Waals surface area contributed by atoms with Gasteiger partial charge < -0.3 is 14.6 Å². The number of aryl methyl sites for hydroxylation is 1. The molecule has 4 heteroatoms. The molecule has 2 unspecified atom stereocenters. The van der Waals surface area contributed by atoms with Gasteiger partial charge in [-0.1, -0.05) is 17.7 Å². The topological polar surface area (TPSA) is 39.1 Å². The lowest BCUT2D eigenvalue weighted by molar-refractivity contribution is 0.144. The van der Waals surface area contributed by atoms with Crippen molar-refractivity contribution in [2.24, 2.45) is 0 Å². The van der Waals surface area contributed by atoms with Crippen LogP contribution in [-0.4, -0.2) is 16.6 Å². The molecule has 112 valence electrons. The van der Waals surface area contributed by atoms with E-state index in [9.17, 15) is 0 Å². The molecule has 3 rings (SSSR count). The highest BCUT2D eigenvalue weighted by Gasteiger charge is 2.30. The molecule has 4 nitrogen and oxygen atoms in total. The molecular formula is C17H23N3O. The first-order valence-corrected chi connectivity index (χ1v) is 7.56. The van der Waals surface area contributed by atoms with Gasteiger partial charge in [-0.2, -0.15) is 0 Å². The number of imidazole rings is 1. The number of rotatable bonds is 3. The third-order valence-electron chi connectivity index (χ3n) is 4.19. The minimum absolute atomic E-state index is 0.0440. The van der Waals surface area contributed by atoms with E-state index in [1.807, 2.05) is 19.6 Å². The predicted octanol–water partition coefficient (Wildman–Crippen LogP) is 3.56. The van der Waals surface area contributed by atoms with Gasteiger partial charge in [0.25, 0.3) is 0 Å². The van der Waals surface area contributed by atoms with Crippen LogP contribution in [0.25, 0.3) is 0 Å². The van der Waals surface area contributed by atoms with Crippen LogP contribution in [0.15, 0.2) is 30.7 Å². The van der Waals surface area contributed by atoms with Crippen molar-refractivity contribution in [1.82, 2.24) is 14.9 Å².